The van der Waals surface area contributed by atoms with Gasteiger partial charge in [-0.3, -0.25) is 4.79 Å². The molecule has 0 atom stereocenters. The lowest BCUT2D eigenvalue weighted by atomic mass is 10.0. The molecule has 0 fully saturated rings. The highest BCUT2D eigenvalue weighted by atomic mass is 16.5. The van der Waals surface area contributed by atoms with Crippen LogP contribution in [0.5, 0.6) is 0 Å². The van der Waals surface area contributed by atoms with Crippen LogP contribution in [0.25, 0.3) is 5.57 Å². The predicted octanol–water partition coefficient (Wildman–Crippen LogP) is 3.60. The molecule has 0 bridgehead atoms. The van der Waals surface area contributed by atoms with Gasteiger partial charge in [-0.05, 0) is 17.2 Å². The summed E-state index contributed by atoms with van der Waals surface area (Å²) in [5, 5.41) is 0. The maximum absolute atomic E-state index is 11.0. The molecule has 17 heavy (non-hydrogen) atoms. The molecule has 2 heteroatoms. The number of carbonyl (C=O) groups is 1. The number of Topliss-reactive ketones (excluding diaryl/α,β-unsaturated/α-hetero) is 1. The van der Waals surface area contributed by atoms with Crippen molar-refractivity contribution in [2.45, 2.75) is 20.8 Å². The highest BCUT2D eigenvalue weighted by molar-refractivity contribution is 5.92. The Morgan fingerprint density at radius 3 is 2.24 bits per heavy atom. The number of carbonyl (C=O) groups excluding carboxylic acids is 1. The van der Waals surface area contributed by atoms with Crippen molar-refractivity contribution in [2.24, 2.45) is 0 Å². The first-order valence-electron chi connectivity index (χ1n) is 5.87. The van der Waals surface area contributed by atoms with E-state index >= 15 is 0 Å². The van der Waals surface area contributed by atoms with E-state index in [4.69, 9.17) is 4.74 Å². The third-order valence-electron chi connectivity index (χ3n) is 2.31. The minimum atomic E-state index is -0.0293. The molecular formula is C15H18O2. The quantitative estimate of drug-likeness (QED) is 0.776. The Bertz CT molecular complexity index is 427. The summed E-state index contributed by atoms with van der Waals surface area (Å²) in [7, 11) is 0. The maximum atomic E-state index is 11.0. The van der Waals surface area contributed by atoms with E-state index in [2.05, 4.69) is 0 Å². The Morgan fingerprint density at radius 2 is 1.76 bits per heavy atom. The van der Waals surface area contributed by atoms with E-state index in [1.54, 1.807) is 6.08 Å². The van der Waals surface area contributed by atoms with Gasteiger partial charge in [-0.1, -0.05) is 50.3 Å². The van der Waals surface area contributed by atoms with Crippen LogP contribution in [0, 0.1) is 0 Å². The van der Waals surface area contributed by atoms with Gasteiger partial charge < -0.3 is 4.74 Å². The third kappa shape index (κ3) is 3.59. The van der Waals surface area contributed by atoms with E-state index in [0.29, 0.717) is 12.4 Å². The number of rotatable bonds is 2. The standard InChI is InChI=1S/C13H12O2.C2H6/c1-10(14)13-8-7-12(9-15-13)11-5-3-2-4-6-11;1-2/h2-8H,9H2,1H3;1-2H3. The first kappa shape index (κ1) is 13.2. The molecule has 0 saturated carbocycles. The van der Waals surface area contributed by atoms with Crippen molar-refractivity contribution in [3.63, 3.8) is 0 Å². The van der Waals surface area contributed by atoms with Crippen molar-refractivity contribution in [1.29, 1.82) is 0 Å². The van der Waals surface area contributed by atoms with Crippen molar-refractivity contribution >= 4 is 11.4 Å². The van der Waals surface area contributed by atoms with E-state index in [0.717, 1.165) is 11.1 Å². The Morgan fingerprint density at radius 1 is 1.12 bits per heavy atom. The Labute approximate surface area is 103 Å². The highest BCUT2D eigenvalue weighted by Gasteiger charge is 2.11. The fourth-order valence-electron chi connectivity index (χ4n) is 1.48. The molecule has 2 nitrogen and oxygen atoms in total. The van der Waals surface area contributed by atoms with Gasteiger partial charge in [0.2, 0.25) is 0 Å². The van der Waals surface area contributed by atoms with Crippen LogP contribution in [0.4, 0.5) is 0 Å². The predicted molar refractivity (Wildman–Crippen MR) is 70.5 cm³/mol. The summed E-state index contributed by atoms with van der Waals surface area (Å²) in [5.41, 5.74) is 2.23. The molecule has 0 unspecified atom stereocenters. The van der Waals surface area contributed by atoms with Gasteiger partial charge in [0.05, 0.1) is 0 Å². The number of hydrogen-bond acceptors (Lipinski definition) is 2. The maximum Gasteiger partial charge on any atom is 0.194 e. The smallest absolute Gasteiger partial charge is 0.194 e. The van der Waals surface area contributed by atoms with Gasteiger partial charge in [0.25, 0.3) is 0 Å². The molecule has 1 heterocycles. The number of benzene rings is 1. The summed E-state index contributed by atoms with van der Waals surface area (Å²) < 4.78 is 5.35. The van der Waals surface area contributed by atoms with Crippen LogP contribution in [0.2, 0.25) is 0 Å². The van der Waals surface area contributed by atoms with Crippen LogP contribution in [-0.4, -0.2) is 12.4 Å². The molecule has 1 aromatic carbocycles. The first-order valence-corrected chi connectivity index (χ1v) is 5.87. The van der Waals surface area contributed by atoms with Crippen molar-refractivity contribution in [1.82, 2.24) is 0 Å². The number of hydrogen-bond donors (Lipinski definition) is 0. The Kier molecular flexibility index (Phi) is 5.21. The van der Waals surface area contributed by atoms with Gasteiger partial charge in [0, 0.05) is 6.92 Å². The Balaban J connectivity index is 0.000000686. The molecule has 1 aliphatic heterocycles. The average Bonchev–Trinajstić information content (AvgIpc) is 2.42. The van der Waals surface area contributed by atoms with E-state index in [1.807, 2.05) is 50.3 Å². The first-order chi connectivity index (χ1) is 8.27. The number of ketones is 1. The molecular weight excluding hydrogens is 212 g/mol. The molecule has 0 N–H and O–H groups in total. The molecule has 2 rings (SSSR count). The van der Waals surface area contributed by atoms with Crippen molar-refractivity contribution in [3.8, 4) is 0 Å². The summed E-state index contributed by atoms with van der Waals surface area (Å²) >= 11 is 0. The van der Waals surface area contributed by atoms with E-state index < -0.39 is 0 Å². The van der Waals surface area contributed by atoms with Crippen LogP contribution in [0.3, 0.4) is 0 Å². The van der Waals surface area contributed by atoms with Crippen LogP contribution in [0.15, 0.2) is 48.2 Å². The van der Waals surface area contributed by atoms with Crippen LogP contribution in [-0.2, 0) is 9.53 Å². The van der Waals surface area contributed by atoms with Gasteiger partial charge in [0.1, 0.15) is 6.61 Å². The van der Waals surface area contributed by atoms with Crippen LogP contribution < -0.4 is 0 Å². The number of ether oxygens (including phenoxy) is 1. The molecule has 0 radical (unpaired) electrons. The zero-order chi connectivity index (χ0) is 12.7. The molecule has 0 spiro atoms. The second kappa shape index (κ2) is 6.69. The summed E-state index contributed by atoms with van der Waals surface area (Å²) in [5.74, 6) is 0.410. The molecule has 0 amide bonds. The average molecular weight is 230 g/mol. The van der Waals surface area contributed by atoms with Gasteiger partial charge in [0.15, 0.2) is 11.5 Å². The van der Waals surface area contributed by atoms with Crippen LogP contribution >= 0.6 is 0 Å². The second-order valence-corrected chi connectivity index (χ2v) is 3.43. The van der Waals surface area contributed by atoms with Gasteiger partial charge in [-0.15, -0.1) is 0 Å². The molecule has 0 aliphatic carbocycles. The van der Waals surface area contributed by atoms with E-state index in [9.17, 15) is 4.79 Å². The molecule has 1 aromatic rings. The monoisotopic (exact) mass is 230 g/mol. The topological polar surface area (TPSA) is 26.3 Å². The summed E-state index contributed by atoms with van der Waals surface area (Å²) in [6.07, 6.45) is 3.67. The van der Waals surface area contributed by atoms with E-state index in [1.165, 1.54) is 6.92 Å². The molecule has 1 aliphatic rings. The number of allylic oxidation sites excluding steroid dienone is 3. The van der Waals surface area contributed by atoms with E-state index in [-0.39, 0.29) is 5.78 Å². The zero-order valence-corrected chi connectivity index (χ0v) is 10.6. The summed E-state index contributed by atoms with van der Waals surface area (Å²) in [4.78, 5) is 11.0. The SMILES string of the molecule is CC.CC(=O)C1=CC=C(c2ccccc2)CO1. The largest absolute Gasteiger partial charge is 0.485 e. The van der Waals surface area contributed by atoms with Crippen LogP contribution in [0.1, 0.15) is 26.3 Å². The molecule has 0 aromatic heterocycles. The second-order valence-electron chi connectivity index (χ2n) is 3.43. The summed E-state index contributed by atoms with van der Waals surface area (Å²) in [6.45, 7) is 5.97. The normalized spacial score (nSPS) is 13.6. The highest BCUT2D eigenvalue weighted by Crippen LogP contribution is 2.20. The fraction of sp³-hybridized carbons (Fsp3) is 0.267. The summed E-state index contributed by atoms with van der Waals surface area (Å²) in [6, 6.07) is 10.0. The Hall–Kier alpha value is -1.83. The fourth-order valence-corrected chi connectivity index (χ4v) is 1.48. The minimum Gasteiger partial charge on any atom is -0.485 e. The zero-order valence-electron chi connectivity index (χ0n) is 10.6. The van der Waals surface area contributed by atoms with Crippen molar-refractivity contribution in [3.05, 3.63) is 53.8 Å². The lowest BCUT2D eigenvalue weighted by molar-refractivity contribution is -0.116. The lowest BCUT2D eigenvalue weighted by Gasteiger charge is -2.14. The lowest BCUT2D eigenvalue weighted by Crippen LogP contribution is -2.08. The molecule has 0 saturated heterocycles. The van der Waals surface area contributed by atoms with Gasteiger partial charge in [-0.25, -0.2) is 0 Å². The van der Waals surface area contributed by atoms with Gasteiger partial charge in [-0.2, -0.15) is 0 Å². The third-order valence-corrected chi connectivity index (χ3v) is 2.31. The minimum absolute atomic E-state index is 0.0293. The molecule has 90 valence electrons. The van der Waals surface area contributed by atoms with Gasteiger partial charge >= 0.3 is 0 Å². The van der Waals surface area contributed by atoms with Crippen molar-refractivity contribution < 1.29 is 9.53 Å². The van der Waals surface area contributed by atoms with Crippen molar-refractivity contribution in [2.75, 3.05) is 6.61 Å².